The number of amides is 1. The highest BCUT2D eigenvalue weighted by molar-refractivity contribution is 5.77. The molecule has 0 aliphatic rings. The van der Waals surface area contributed by atoms with Crippen molar-refractivity contribution in [1.29, 1.82) is 0 Å². The van der Waals surface area contributed by atoms with Crippen LogP contribution in [0.15, 0.2) is 0 Å². The molecule has 0 aliphatic heterocycles. The summed E-state index contributed by atoms with van der Waals surface area (Å²) in [6.45, 7) is 5.63. The van der Waals surface area contributed by atoms with Crippen molar-refractivity contribution in [2.24, 2.45) is 5.92 Å². The molecule has 16 heavy (non-hydrogen) atoms. The Morgan fingerprint density at radius 3 is 2.56 bits per heavy atom. The molecule has 1 atom stereocenters. The van der Waals surface area contributed by atoms with Gasteiger partial charge in [0.1, 0.15) is 0 Å². The summed E-state index contributed by atoms with van der Waals surface area (Å²) in [5.41, 5.74) is 0. The first-order valence-corrected chi connectivity index (χ1v) is 5.75. The van der Waals surface area contributed by atoms with Crippen LogP contribution >= 0.6 is 0 Å². The van der Waals surface area contributed by atoms with Crippen LogP contribution in [0.1, 0.15) is 33.1 Å². The zero-order valence-corrected chi connectivity index (χ0v) is 10.1. The predicted molar refractivity (Wildman–Crippen MR) is 62.2 cm³/mol. The highest BCUT2D eigenvalue weighted by atomic mass is 16.4. The normalized spacial score (nSPS) is 12.1. The van der Waals surface area contributed by atoms with E-state index in [2.05, 4.69) is 10.6 Å². The minimum Gasteiger partial charge on any atom is -0.481 e. The fourth-order valence-corrected chi connectivity index (χ4v) is 1.32. The maximum atomic E-state index is 11.1. The van der Waals surface area contributed by atoms with E-state index >= 15 is 0 Å². The van der Waals surface area contributed by atoms with Crippen molar-refractivity contribution in [3.63, 3.8) is 0 Å². The van der Waals surface area contributed by atoms with E-state index in [1.54, 1.807) is 0 Å². The van der Waals surface area contributed by atoms with E-state index in [0.29, 0.717) is 25.4 Å². The Balaban J connectivity index is 3.37. The standard InChI is InChI=1S/C11H22N2O3/c1-3-13-10(14)8-12-7-6-9(2)4-5-11(15)16/h9,12H,3-8H2,1-2H3,(H,13,14)(H,15,16). The third-order valence-electron chi connectivity index (χ3n) is 2.32. The molecule has 1 amide bonds. The van der Waals surface area contributed by atoms with Crippen molar-refractivity contribution in [3.8, 4) is 0 Å². The molecule has 0 fully saturated rings. The molecule has 0 radical (unpaired) electrons. The number of carboxylic acid groups (broad SMARTS) is 1. The van der Waals surface area contributed by atoms with Crippen molar-refractivity contribution < 1.29 is 14.7 Å². The number of carbonyl (C=O) groups is 2. The van der Waals surface area contributed by atoms with Crippen LogP contribution in [0.5, 0.6) is 0 Å². The summed E-state index contributed by atoms with van der Waals surface area (Å²) in [7, 11) is 0. The molecular formula is C11H22N2O3. The average Bonchev–Trinajstić information content (AvgIpc) is 2.22. The van der Waals surface area contributed by atoms with Gasteiger partial charge in [-0.3, -0.25) is 9.59 Å². The van der Waals surface area contributed by atoms with Gasteiger partial charge in [0, 0.05) is 13.0 Å². The third kappa shape index (κ3) is 9.45. The quantitative estimate of drug-likeness (QED) is 0.507. The molecule has 0 aromatic carbocycles. The number of carbonyl (C=O) groups excluding carboxylic acids is 1. The van der Waals surface area contributed by atoms with Crippen LogP contribution in [0.2, 0.25) is 0 Å². The van der Waals surface area contributed by atoms with Crippen LogP contribution in [0, 0.1) is 5.92 Å². The van der Waals surface area contributed by atoms with Crippen LogP contribution < -0.4 is 10.6 Å². The number of rotatable bonds is 9. The van der Waals surface area contributed by atoms with Gasteiger partial charge in [-0.25, -0.2) is 0 Å². The van der Waals surface area contributed by atoms with Crippen LogP contribution in [0.3, 0.4) is 0 Å². The van der Waals surface area contributed by atoms with Crippen LogP contribution in [0.4, 0.5) is 0 Å². The third-order valence-corrected chi connectivity index (χ3v) is 2.32. The minimum atomic E-state index is -0.748. The van der Waals surface area contributed by atoms with E-state index in [9.17, 15) is 9.59 Å². The SMILES string of the molecule is CCNC(=O)CNCCC(C)CCC(=O)O. The number of carboxylic acids is 1. The summed E-state index contributed by atoms with van der Waals surface area (Å²) in [6.07, 6.45) is 1.81. The molecule has 0 saturated carbocycles. The lowest BCUT2D eigenvalue weighted by Gasteiger charge is -2.10. The molecule has 5 heteroatoms. The van der Waals surface area contributed by atoms with Crippen molar-refractivity contribution in [1.82, 2.24) is 10.6 Å². The van der Waals surface area contributed by atoms with Gasteiger partial charge in [0.2, 0.25) is 5.91 Å². The highest BCUT2D eigenvalue weighted by Gasteiger charge is 2.05. The van der Waals surface area contributed by atoms with Gasteiger partial charge in [0.25, 0.3) is 0 Å². The molecular weight excluding hydrogens is 208 g/mol. The molecule has 0 spiro atoms. The summed E-state index contributed by atoms with van der Waals surface area (Å²) in [5, 5.41) is 14.2. The average molecular weight is 230 g/mol. The molecule has 0 aromatic heterocycles. The zero-order chi connectivity index (χ0) is 12.4. The van der Waals surface area contributed by atoms with Gasteiger partial charge in [-0.15, -0.1) is 0 Å². The van der Waals surface area contributed by atoms with Crippen molar-refractivity contribution >= 4 is 11.9 Å². The van der Waals surface area contributed by atoms with Crippen molar-refractivity contribution in [2.75, 3.05) is 19.6 Å². The lowest BCUT2D eigenvalue weighted by atomic mass is 10.0. The van der Waals surface area contributed by atoms with Gasteiger partial charge in [0.15, 0.2) is 0 Å². The number of hydrogen-bond acceptors (Lipinski definition) is 3. The first-order chi connectivity index (χ1) is 7.56. The van der Waals surface area contributed by atoms with E-state index in [4.69, 9.17) is 5.11 Å². The highest BCUT2D eigenvalue weighted by Crippen LogP contribution is 2.08. The molecule has 0 rings (SSSR count). The van der Waals surface area contributed by atoms with E-state index < -0.39 is 5.97 Å². The fourth-order valence-electron chi connectivity index (χ4n) is 1.32. The summed E-state index contributed by atoms with van der Waals surface area (Å²) in [4.78, 5) is 21.4. The number of aliphatic carboxylic acids is 1. The monoisotopic (exact) mass is 230 g/mol. The second-order valence-corrected chi connectivity index (χ2v) is 3.96. The second-order valence-electron chi connectivity index (χ2n) is 3.96. The topological polar surface area (TPSA) is 78.4 Å². The largest absolute Gasteiger partial charge is 0.481 e. The Labute approximate surface area is 96.6 Å². The second kappa shape index (κ2) is 9.15. The lowest BCUT2D eigenvalue weighted by Crippen LogP contribution is -2.34. The molecule has 0 aliphatic carbocycles. The Kier molecular flexibility index (Phi) is 8.52. The number of likely N-dealkylation sites (N-methyl/N-ethyl adjacent to an activating group) is 1. The molecule has 0 saturated heterocycles. The van der Waals surface area contributed by atoms with E-state index in [0.717, 1.165) is 13.0 Å². The smallest absolute Gasteiger partial charge is 0.303 e. The Morgan fingerprint density at radius 2 is 2.00 bits per heavy atom. The van der Waals surface area contributed by atoms with Gasteiger partial charge in [0.05, 0.1) is 6.54 Å². The minimum absolute atomic E-state index is 0.000638. The molecule has 1 unspecified atom stereocenters. The maximum absolute atomic E-state index is 11.1. The first kappa shape index (κ1) is 14.9. The van der Waals surface area contributed by atoms with Crippen LogP contribution in [-0.4, -0.2) is 36.6 Å². The van der Waals surface area contributed by atoms with E-state index in [-0.39, 0.29) is 12.3 Å². The Hall–Kier alpha value is -1.10. The van der Waals surface area contributed by atoms with Gasteiger partial charge >= 0.3 is 5.97 Å². The summed E-state index contributed by atoms with van der Waals surface area (Å²) in [6, 6.07) is 0. The van der Waals surface area contributed by atoms with Crippen LogP contribution in [-0.2, 0) is 9.59 Å². The summed E-state index contributed by atoms with van der Waals surface area (Å²) in [5.74, 6) is -0.374. The van der Waals surface area contributed by atoms with Gasteiger partial charge in [-0.1, -0.05) is 6.92 Å². The lowest BCUT2D eigenvalue weighted by molar-refractivity contribution is -0.137. The predicted octanol–water partition coefficient (Wildman–Crippen LogP) is 0.603. The van der Waals surface area contributed by atoms with E-state index in [1.807, 2.05) is 13.8 Å². The molecule has 3 N–H and O–H groups in total. The van der Waals surface area contributed by atoms with Crippen molar-refractivity contribution in [3.05, 3.63) is 0 Å². The van der Waals surface area contributed by atoms with Gasteiger partial charge in [-0.2, -0.15) is 0 Å². The summed E-state index contributed by atoms with van der Waals surface area (Å²) >= 11 is 0. The van der Waals surface area contributed by atoms with Crippen LogP contribution in [0.25, 0.3) is 0 Å². The Bertz CT molecular complexity index is 219. The number of hydrogen-bond donors (Lipinski definition) is 3. The molecule has 0 bridgehead atoms. The maximum Gasteiger partial charge on any atom is 0.303 e. The number of nitrogens with one attached hydrogen (secondary N) is 2. The summed E-state index contributed by atoms with van der Waals surface area (Å²) < 4.78 is 0. The molecule has 5 nitrogen and oxygen atoms in total. The zero-order valence-electron chi connectivity index (χ0n) is 10.1. The molecule has 0 heterocycles. The fraction of sp³-hybridized carbons (Fsp3) is 0.818. The molecule has 0 aromatic rings. The first-order valence-electron chi connectivity index (χ1n) is 5.75. The van der Waals surface area contributed by atoms with E-state index in [1.165, 1.54) is 0 Å². The Morgan fingerprint density at radius 1 is 1.31 bits per heavy atom. The molecule has 94 valence electrons. The van der Waals surface area contributed by atoms with Crippen molar-refractivity contribution in [2.45, 2.75) is 33.1 Å². The van der Waals surface area contributed by atoms with Gasteiger partial charge < -0.3 is 15.7 Å². The van der Waals surface area contributed by atoms with Gasteiger partial charge in [-0.05, 0) is 32.2 Å².